The van der Waals surface area contributed by atoms with Gasteiger partial charge < -0.3 is 28.4 Å². The highest BCUT2D eigenvalue weighted by Crippen LogP contribution is 2.43. The molecule has 0 amide bonds. The third-order valence-corrected chi connectivity index (χ3v) is 10.5. The summed E-state index contributed by atoms with van der Waals surface area (Å²) in [6.07, 6.45) is 31.6. The van der Waals surface area contributed by atoms with E-state index in [1.165, 1.54) is 11.1 Å². The van der Waals surface area contributed by atoms with Crippen LogP contribution in [0.15, 0.2) is 53.0 Å². The maximum Gasteiger partial charge on any atom is 0.472 e. The molecule has 0 spiro atoms. The first-order valence-electron chi connectivity index (χ1n) is 21.8. The largest absolute Gasteiger partial charge is 0.472 e. The van der Waals surface area contributed by atoms with Crippen molar-refractivity contribution in [2.24, 2.45) is 0 Å². The lowest BCUT2D eigenvalue weighted by Gasteiger charge is -2.24. The number of hydrogen-bond donors (Lipinski definition) is 2. The molecule has 3 atom stereocenters. The van der Waals surface area contributed by atoms with Gasteiger partial charge in [-0.3, -0.25) is 18.6 Å². The highest BCUT2D eigenvalue weighted by atomic mass is 31.2. The second kappa shape index (κ2) is 32.0. The molecule has 0 radical (unpaired) electrons. The number of carbonyl (C=O) groups excluding carboxylic acids is 2. The van der Waals surface area contributed by atoms with Gasteiger partial charge in [-0.25, -0.2) is 4.57 Å². The van der Waals surface area contributed by atoms with Crippen molar-refractivity contribution in [1.29, 1.82) is 0 Å². The SMILES string of the molecule is CCCc1oc(CCCCCCCCC(=O)O[C@H](COC(=O)CCC/C=C\C/C=C\C/C=C\C/C=C\CCC[C@@H](C)O)COP(=O)(O)OCC[N+](C)(C)C)c(C)c1C. The molecule has 1 heterocycles. The zero-order valence-electron chi connectivity index (χ0n) is 37.1. The number of hydrogen-bond acceptors (Lipinski definition) is 9. The summed E-state index contributed by atoms with van der Waals surface area (Å²) in [7, 11) is 1.39. The average Bonchev–Trinajstić information content (AvgIpc) is 3.42. The molecule has 1 aromatic rings. The number of aliphatic hydroxyl groups is 1. The highest BCUT2D eigenvalue weighted by molar-refractivity contribution is 7.47. The van der Waals surface area contributed by atoms with Gasteiger partial charge in [0.2, 0.25) is 0 Å². The molecule has 0 aliphatic carbocycles. The van der Waals surface area contributed by atoms with Gasteiger partial charge in [0.05, 0.1) is 33.9 Å². The van der Waals surface area contributed by atoms with Crippen LogP contribution in [0, 0.1) is 13.8 Å². The minimum Gasteiger partial charge on any atom is -0.466 e. The summed E-state index contributed by atoms with van der Waals surface area (Å²) >= 11 is 0. The van der Waals surface area contributed by atoms with E-state index in [4.69, 9.17) is 22.9 Å². The maximum absolute atomic E-state index is 12.7. The number of carbonyl (C=O) groups is 2. The van der Waals surface area contributed by atoms with Crippen molar-refractivity contribution in [2.75, 3.05) is 47.5 Å². The van der Waals surface area contributed by atoms with E-state index in [2.05, 4.69) is 63.3 Å². The van der Waals surface area contributed by atoms with Crippen LogP contribution in [0.1, 0.15) is 146 Å². The van der Waals surface area contributed by atoms with Gasteiger partial charge in [-0.1, -0.05) is 81.2 Å². The zero-order chi connectivity index (χ0) is 43.1. The van der Waals surface area contributed by atoms with E-state index in [9.17, 15) is 24.2 Å². The van der Waals surface area contributed by atoms with Crippen LogP contribution in [-0.2, 0) is 45.5 Å². The Morgan fingerprint density at radius 2 is 1.26 bits per heavy atom. The molecule has 0 aromatic carbocycles. The van der Waals surface area contributed by atoms with Crippen molar-refractivity contribution in [3.8, 4) is 0 Å². The number of esters is 2. The number of likely N-dealkylation sites (N-methyl/N-ethyl adjacent to an activating group) is 1. The van der Waals surface area contributed by atoms with Crippen LogP contribution in [0.4, 0.5) is 0 Å². The summed E-state index contributed by atoms with van der Waals surface area (Å²) < 4.78 is 40.4. The molecular weight excluding hydrogens is 757 g/mol. The Kier molecular flexibility index (Phi) is 29.4. The first kappa shape index (κ1) is 53.2. The number of quaternary nitrogens is 1. The standard InChI is InChI=1S/C46H78NO10P/c1-8-30-43-40(3)41(4)44(57-43)32-27-23-20-21-25-29-34-46(50)56-42(38-55-58(51,52)54-36-35-47(5,6)7)37-53-45(49)33-28-24-19-17-15-13-11-9-10-12-14-16-18-22-26-31-39(2)48/h10-13,16-19,39,42,48H,8-9,14-15,20-38H2,1-7H3/p+1/b12-10-,13-11-,18-16-,19-17-/t39-,42-/m1/s1. The van der Waals surface area contributed by atoms with E-state index in [1.54, 1.807) is 0 Å². The second-order valence-corrected chi connectivity index (χ2v) is 17.7. The van der Waals surface area contributed by atoms with Crippen molar-refractivity contribution >= 4 is 19.8 Å². The molecule has 2 N–H and O–H groups in total. The first-order chi connectivity index (χ1) is 27.6. The fourth-order valence-corrected chi connectivity index (χ4v) is 6.64. The Morgan fingerprint density at radius 1 is 0.724 bits per heavy atom. The molecule has 332 valence electrons. The molecule has 1 rings (SSSR count). The number of phosphoric acid groups is 1. The summed E-state index contributed by atoms with van der Waals surface area (Å²) in [5.74, 6) is 1.30. The van der Waals surface area contributed by atoms with Gasteiger partial charge in [0.15, 0.2) is 6.10 Å². The van der Waals surface area contributed by atoms with Crippen LogP contribution in [0.3, 0.4) is 0 Å². The number of unbranched alkanes of at least 4 members (excludes halogenated alkanes) is 7. The highest BCUT2D eigenvalue weighted by Gasteiger charge is 2.27. The third kappa shape index (κ3) is 29.4. The summed E-state index contributed by atoms with van der Waals surface area (Å²) in [5, 5.41) is 9.28. The van der Waals surface area contributed by atoms with E-state index in [0.717, 1.165) is 108 Å². The van der Waals surface area contributed by atoms with Crippen molar-refractivity contribution in [3.63, 3.8) is 0 Å². The molecule has 1 unspecified atom stereocenters. The van der Waals surface area contributed by atoms with E-state index in [-0.39, 0.29) is 32.2 Å². The lowest BCUT2D eigenvalue weighted by Crippen LogP contribution is -2.37. The van der Waals surface area contributed by atoms with Gasteiger partial charge in [0, 0.05) is 25.7 Å². The van der Waals surface area contributed by atoms with Crippen LogP contribution < -0.4 is 0 Å². The molecule has 0 fully saturated rings. The molecule has 58 heavy (non-hydrogen) atoms. The van der Waals surface area contributed by atoms with Gasteiger partial charge in [-0.05, 0) is 103 Å². The Hall–Kier alpha value is -2.79. The number of rotatable bonds is 35. The molecular formula is C46H79NO10P+. The van der Waals surface area contributed by atoms with Gasteiger partial charge >= 0.3 is 19.8 Å². The van der Waals surface area contributed by atoms with E-state index in [0.29, 0.717) is 23.9 Å². The lowest BCUT2D eigenvalue weighted by atomic mass is 10.0. The average molecular weight is 837 g/mol. The Balaban J connectivity index is 2.41. The quantitative estimate of drug-likeness (QED) is 0.0223. The number of allylic oxidation sites excluding steroid dienone is 8. The molecule has 0 saturated heterocycles. The van der Waals surface area contributed by atoms with Crippen LogP contribution in [0.2, 0.25) is 0 Å². The van der Waals surface area contributed by atoms with Crippen molar-refractivity contribution in [3.05, 3.63) is 71.3 Å². The number of phosphoric ester groups is 1. The predicted octanol–water partition coefficient (Wildman–Crippen LogP) is 10.5. The molecule has 11 nitrogen and oxygen atoms in total. The van der Waals surface area contributed by atoms with Gasteiger partial charge in [-0.2, -0.15) is 0 Å². The topological polar surface area (TPSA) is 142 Å². The molecule has 1 aromatic heterocycles. The Labute approximate surface area is 351 Å². The fraction of sp³-hybridized carbons (Fsp3) is 0.696. The van der Waals surface area contributed by atoms with E-state index < -0.39 is 32.5 Å². The smallest absolute Gasteiger partial charge is 0.466 e. The second-order valence-electron chi connectivity index (χ2n) is 16.2. The van der Waals surface area contributed by atoms with Crippen LogP contribution in [0.5, 0.6) is 0 Å². The number of nitrogens with zero attached hydrogens (tertiary/aromatic N) is 1. The molecule has 0 saturated carbocycles. The number of furan rings is 1. The monoisotopic (exact) mass is 837 g/mol. The lowest BCUT2D eigenvalue weighted by molar-refractivity contribution is -0.870. The zero-order valence-corrected chi connectivity index (χ0v) is 38.0. The Bertz CT molecular complexity index is 1420. The molecule has 12 heteroatoms. The normalized spacial score (nSPS) is 14.6. The Morgan fingerprint density at radius 3 is 1.84 bits per heavy atom. The summed E-state index contributed by atoms with van der Waals surface area (Å²) in [6, 6.07) is 0. The first-order valence-corrected chi connectivity index (χ1v) is 23.3. The number of ether oxygens (including phenoxy) is 2. The number of aryl methyl sites for hydroxylation is 2. The fourth-order valence-electron chi connectivity index (χ4n) is 5.89. The molecule has 0 aliphatic rings. The summed E-state index contributed by atoms with van der Waals surface area (Å²) in [5.41, 5.74) is 2.56. The van der Waals surface area contributed by atoms with Crippen molar-refractivity contribution in [2.45, 2.75) is 162 Å². The molecule has 0 aliphatic heterocycles. The van der Waals surface area contributed by atoms with Crippen LogP contribution in [-0.4, -0.2) is 86.1 Å². The van der Waals surface area contributed by atoms with Crippen molar-refractivity contribution < 1.29 is 51.6 Å². The van der Waals surface area contributed by atoms with Crippen molar-refractivity contribution in [1.82, 2.24) is 0 Å². The van der Waals surface area contributed by atoms with Crippen LogP contribution >= 0.6 is 7.82 Å². The molecule has 0 bridgehead atoms. The van der Waals surface area contributed by atoms with Gasteiger partial charge in [-0.15, -0.1) is 0 Å². The van der Waals surface area contributed by atoms with Gasteiger partial charge in [0.25, 0.3) is 0 Å². The van der Waals surface area contributed by atoms with E-state index in [1.807, 2.05) is 34.1 Å². The van der Waals surface area contributed by atoms with Gasteiger partial charge in [0.1, 0.15) is 31.3 Å². The predicted molar refractivity (Wildman–Crippen MR) is 233 cm³/mol. The van der Waals surface area contributed by atoms with Crippen LogP contribution in [0.25, 0.3) is 0 Å². The number of aliphatic hydroxyl groups excluding tert-OH is 1. The maximum atomic E-state index is 12.7. The third-order valence-electron chi connectivity index (χ3n) is 9.55. The minimum absolute atomic E-state index is 0.00660. The summed E-state index contributed by atoms with van der Waals surface area (Å²) in [4.78, 5) is 35.4. The summed E-state index contributed by atoms with van der Waals surface area (Å²) in [6.45, 7) is 8.04. The minimum atomic E-state index is -4.41. The van der Waals surface area contributed by atoms with E-state index >= 15 is 0 Å².